The quantitative estimate of drug-likeness (QED) is 0.314. The normalized spacial score (nSPS) is 10.6. The highest BCUT2D eigenvalue weighted by Gasteiger charge is 2.12. The lowest BCUT2D eigenvalue weighted by Gasteiger charge is -2.09. The molecule has 1 amide bonds. The molecule has 9 heteroatoms. The van der Waals surface area contributed by atoms with Gasteiger partial charge in [0, 0.05) is 33.7 Å². The molecule has 3 aromatic rings. The molecule has 0 atom stereocenters. The number of amides is 1. The zero-order valence-electron chi connectivity index (χ0n) is 16.0. The van der Waals surface area contributed by atoms with Crippen LogP contribution in [0.1, 0.15) is 12.5 Å². The Balaban J connectivity index is 1.68. The standard InChI is InChI=1S/C21H18ClNO6S/c1-2-27-21(26)23-14-7-8-15-13(9-19(24)29-17(15)10-14)11-28-20(25)12-30-18-6-4-3-5-16(18)22/h3-10H,2,11-12H2,1H3,(H,23,26). The summed E-state index contributed by atoms with van der Waals surface area (Å²) in [6, 6.07) is 13.3. The number of nitrogens with one attached hydrogen (secondary N) is 1. The largest absolute Gasteiger partial charge is 0.460 e. The Bertz CT molecular complexity index is 1130. The number of carbonyl (C=O) groups excluding carboxylic acids is 2. The molecule has 0 aliphatic rings. The molecule has 0 fully saturated rings. The third-order valence-electron chi connectivity index (χ3n) is 3.92. The Morgan fingerprint density at radius 2 is 1.93 bits per heavy atom. The second-order valence-electron chi connectivity index (χ2n) is 6.03. The third kappa shape index (κ3) is 5.77. The number of hydrogen-bond donors (Lipinski definition) is 1. The average Bonchev–Trinajstić information content (AvgIpc) is 2.71. The number of fused-ring (bicyclic) bond motifs is 1. The lowest BCUT2D eigenvalue weighted by atomic mass is 10.1. The molecule has 1 aromatic heterocycles. The van der Waals surface area contributed by atoms with Gasteiger partial charge >= 0.3 is 17.7 Å². The first-order chi connectivity index (χ1) is 14.5. The lowest BCUT2D eigenvalue weighted by molar-refractivity contribution is -0.141. The third-order valence-corrected chi connectivity index (χ3v) is 5.41. The van der Waals surface area contributed by atoms with Gasteiger partial charge in [-0.15, -0.1) is 11.8 Å². The van der Waals surface area contributed by atoms with E-state index >= 15 is 0 Å². The van der Waals surface area contributed by atoms with Crippen LogP contribution in [-0.2, 0) is 20.9 Å². The van der Waals surface area contributed by atoms with E-state index in [9.17, 15) is 14.4 Å². The number of hydrogen-bond acceptors (Lipinski definition) is 7. The number of carbonyl (C=O) groups is 2. The topological polar surface area (TPSA) is 94.8 Å². The molecule has 0 radical (unpaired) electrons. The van der Waals surface area contributed by atoms with Crippen molar-refractivity contribution in [3.63, 3.8) is 0 Å². The molecule has 0 aliphatic heterocycles. The van der Waals surface area contributed by atoms with Crippen LogP contribution in [0.2, 0.25) is 5.02 Å². The number of anilines is 1. The summed E-state index contributed by atoms with van der Waals surface area (Å²) in [6.45, 7) is 1.84. The Hall–Kier alpha value is -2.97. The van der Waals surface area contributed by atoms with Crippen molar-refractivity contribution in [2.75, 3.05) is 17.7 Å². The summed E-state index contributed by atoms with van der Waals surface area (Å²) in [5.74, 6) is -0.363. The highest BCUT2D eigenvalue weighted by atomic mass is 35.5. The molecule has 1 N–H and O–H groups in total. The first-order valence-electron chi connectivity index (χ1n) is 8.99. The van der Waals surface area contributed by atoms with Gasteiger partial charge in [0.15, 0.2) is 0 Å². The highest BCUT2D eigenvalue weighted by Crippen LogP contribution is 2.27. The van der Waals surface area contributed by atoms with E-state index in [-0.39, 0.29) is 24.5 Å². The summed E-state index contributed by atoms with van der Waals surface area (Å²) in [5, 5.41) is 3.70. The maximum Gasteiger partial charge on any atom is 0.411 e. The van der Waals surface area contributed by atoms with Crippen LogP contribution < -0.4 is 10.9 Å². The average molecular weight is 448 g/mol. The number of benzene rings is 2. The first-order valence-corrected chi connectivity index (χ1v) is 10.4. The number of ether oxygens (including phenoxy) is 2. The zero-order valence-corrected chi connectivity index (χ0v) is 17.5. The molecule has 30 heavy (non-hydrogen) atoms. The predicted molar refractivity (Wildman–Crippen MR) is 115 cm³/mol. The zero-order chi connectivity index (χ0) is 21.5. The molecule has 0 spiro atoms. The number of thioether (sulfide) groups is 1. The summed E-state index contributed by atoms with van der Waals surface area (Å²) in [6.07, 6.45) is -0.611. The van der Waals surface area contributed by atoms with E-state index in [1.165, 1.54) is 23.9 Å². The molecule has 3 rings (SSSR count). The van der Waals surface area contributed by atoms with Crippen molar-refractivity contribution in [2.24, 2.45) is 0 Å². The van der Waals surface area contributed by atoms with E-state index in [0.717, 1.165) is 4.90 Å². The second kappa shape index (κ2) is 10.2. The molecule has 0 aliphatic carbocycles. The smallest absolute Gasteiger partial charge is 0.411 e. The van der Waals surface area contributed by atoms with E-state index < -0.39 is 17.7 Å². The van der Waals surface area contributed by atoms with Gasteiger partial charge in [-0.25, -0.2) is 9.59 Å². The van der Waals surface area contributed by atoms with Gasteiger partial charge in [0.25, 0.3) is 0 Å². The minimum absolute atomic E-state index is 0.0801. The molecule has 7 nitrogen and oxygen atoms in total. The fraction of sp³-hybridized carbons (Fsp3) is 0.190. The van der Waals surface area contributed by atoms with Crippen molar-refractivity contribution >= 4 is 52.1 Å². The van der Waals surface area contributed by atoms with Crippen LogP contribution in [0.25, 0.3) is 11.0 Å². The van der Waals surface area contributed by atoms with E-state index in [1.54, 1.807) is 25.1 Å². The van der Waals surface area contributed by atoms with E-state index in [1.807, 2.05) is 18.2 Å². The fourth-order valence-electron chi connectivity index (χ4n) is 2.61. The van der Waals surface area contributed by atoms with Crippen LogP contribution in [0, 0.1) is 0 Å². The van der Waals surface area contributed by atoms with Gasteiger partial charge in [0.1, 0.15) is 12.2 Å². The molecule has 1 heterocycles. The maximum absolute atomic E-state index is 12.1. The number of rotatable bonds is 7. The molecule has 156 valence electrons. The Morgan fingerprint density at radius 1 is 1.13 bits per heavy atom. The van der Waals surface area contributed by atoms with Crippen molar-refractivity contribution in [1.29, 1.82) is 0 Å². The van der Waals surface area contributed by atoms with Crippen LogP contribution in [-0.4, -0.2) is 24.4 Å². The van der Waals surface area contributed by atoms with Crippen molar-refractivity contribution in [2.45, 2.75) is 18.4 Å². The molecule has 0 unspecified atom stereocenters. The highest BCUT2D eigenvalue weighted by molar-refractivity contribution is 8.00. The molecule has 0 saturated carbocycles. The van der Waals surface area contributed by atoms with Gasteiger partial charge in [-0.3, -0.25) is 10.1 Å². The van der Waals surface area contributed by atoms with Crippen molar-refractivity contribution in [3.05, 3.63) is 69.5 Å². The van der Waals surface area contributed by atoms with E-state index in [0.29, 0.717) is 21.7 Å². The Kier molecular flexibility index (Phi) is 7.37. The lowest BCUT2D eigenvalue weighted by Crippen LogP contribution is -2.13. The van der Waals surface area contributed by atoms with Crippen LogP contribution in [0.5, 0.6) is 0 Å². The number of halogens is 1. The van der Waals surface area contributed by atoms with Crippen LogP contribution in [0.3, 0.4) is 0 Å². The van der Waals surface area contributed by atoms with E-state index in [4.69, 9.17) is 25.5 Å². The SMILES string of the molecule is CCOC(=O)Nc1ccc2c(COC(=O)CSc3ccccc3Cl)cc(=O)oc2c1. The van der Waals surface area contributed by atoms with Crippen molar-refractivity contribution in [3.8, 4) is 0 Å². The van der Waals surface area contributed by atoms with Crippen molar-refractivity contribution in [1.82, 2.24) is 0 Å². The van der Waals surface area contributed by atoms with Gasteiger partial charge in [-0.2, -0.15) is 0 Å². The summed E-state index contributed by atoms with van der Waals surface area (Å²) in [7, 11) is 0. The Labute approximate surface area is 181 Å². The van der Waals surface area contributed by atoms with Gasteiger partial charge in [-0.1, -0.05) is 23.7 Å². The van der Waals surface area contributed by atoms with Gasteiger partial charge in [-0.05, 0) is 31.2 Å². The second-order valence-corrected chi connectivity index (χ2v) is 7.45. The summed E-state index contributed by atoms with van der Waals surface area (Å²) in [4.78, 5) is 36.3. The van der Waals surface area contributed by atoms with Crippen LogP contribution in [0.4, 0.5) is 10.5 Å². The maximum atomic E-state index is 12.1. The van der Waals surface area contributed by atoms with E-state index in [2.05, 4.69) is 5.32 Å². The molecule has 0 bridgehead atoms. The monoisotopic (exact) mass is 447 g/mol. The number of esters is 1. The molecule has 0 saturated heterocycles. The predicted octanol–water partition coefficient (Wildman–Crippen LogP) is 4.85. The van der Waals surface area contributed by atoms with Crippen LogP contribution >= 0.6 is 23.4 Å². The minimum atomic E-state index is -0.611. The van der Waals surface area contributed by atoms with Crippen molar-refractivity contribution < 1.29 is 23.5 Å². The van der Waals surface area contributed by atoms with Gasteiger partial charge in [0.2, 0.25) is 0 Å². The Morgan fingerprint density at radius 3 is 2.70 bits per heavy atom. The summed E-state index contributed by atoms with van der Waals surface area (Å²) < 4.78 is 15.3. The minimum Gasteiger partial charge on any atom is -0.460 e. The molecular weight excluding hydrogens is 430 g/mol. The molecule has 2 aromatic carbocycles. The summed E-state index contributed by atoms with van der Waals surface area (Å²) >= 11 is 7.34. The van der Waals surface area contributed by atoms with Gasteiger partial charge in [0.05, 0.1) is 17.4 Å². The van der Waals surface area contributed by atoms with Gasteiger partial charge < -0.3 is 13.9 Å². The van der Waals surface area contributed by atoms with Crippen LogP contribution in [0.15, 0.2) is 62.6 Å². The summed E-state index contributed by atoms with van der Waals surface area (Å²) in [5.41, 5.74) is 0.579. The molecular formula is C21H18ClNO6S. The first kappa shape index (κ1) is 21.7. The fourth-order valence-corrected chi connectivity index (χ4v) is 3.65.